The van der Waals surface area contributed by atoms with Crippen molar-refractivity contribution in [1.82, 2.24) is 4.98 Å². The molecule has 1 N–H and O–H groups in total. The number of nitrogens with one attached hydrogen (secondary N) is 1. The lowest BCUT2D eigenvalue weighted by Gasteiger charge is -2.11. The number of ketones is 1. The summed E-state index contributed by atoms with van der Waals surface area (Å²) in [4.78, 5) is 28.9. The molecule has 0 saturated heterocycles. The third kappa shape index (κ3) is 3.67. The number of aromatic nitrogens is 1. The summed E-state index contributed by atoms with van der Waals surface area (Å²) >= 11 is 0. The predicted molar refractivity (Wildman–Crippen MR) is 119 cm³/mol. The first-order valence-corrected chi connectivity index (χ1v) is 9.54. The molecular formula is C26H21NO2. The molecule has 3 heteroatoms. The van der Waals surface area contributed by atoms with Gasteiger partial charge in [0.15, 0.2) is 5.78 Å². The average molecular weight is 379 g/mol. The zero-order valence-electron chi connectivity index (χ0n) is 16.4. The highest BCUT2D eigenvalue weighted by Crippen LogP contribution is 2.27. The summed E-state index contributed by atoms with van der Waals surface area (Å²) in [6.45, 7) is 3.61. The van der Waals surface area contributed by atoms with Gasteiger partial charge in [-0.1, -0.05) is 72.8 Å². The van der Waals surface area contributed by atoms with Crippen molar-refractivity contribution in [2.75, 3.05) is 0 Å². The molecule has 3 nitrogen and oxygen atoms in total. The van der Waals surface area contributed by atoms with Gasteiger partial charge in [-0.15, -0.1) is 0 Å². The van der Waals surface area contributed by atoms with Crippen molar-refractivity contribution in [2.45, 2.75) is 13.8 Å². The van der Waals surface area contributed by atoms with E-state index in [2.05, 4.69) is 4.98 Å². The summed E-state index contributed by atoms with van der Waals surface area (Å²) in [5.74, 6) is -0.275. The van der Waals surface area contributed by atoms with Gasteiger partial charge in [0.05, 0.1) is 5.56 Å². The van der Waals surface area contributed by atoms with Crippen LogP contribution in [0.15, 0.2) is 83.7 Å². The van der Waals surface area contributed by atoms with E-state index < -0.39 is 0 Å². The Bertz CT molecular complexity index is 1290. The van der Waals surface area contributed by atoms with Crippen LogP contribution in [0.5, 0.6) is 0 Å². The van der Waals surface area contributed by atoms with Crippen LogP contribution in [-0.4, -0.2) is 10.8 Å². The fourth-order valence-electron chi connectivity index (χ4n) is 3.70. The molecule has 1 heterocycles. The van der Waals surface area contributed by atoms with Gasteiger partial charge >= 0.3 is 0 Å². The Labute approximate surface area is 169 Å². The van der Waals surface area contributed by atoms with Crippen molar-refractivity contribution in [3.8, 4) is 0 Å². The molecule has 142 valence electrons. The monoisotopic (exact) mass is 379 g/mol. The summed E-state index contributed by atoms with van der Waals surface area (Å²) in [6.07, 6.45) is 1.89. The first-order valence-electron chi connectivity index (χ1n) is 9.54. The zero-order valence-corrected chi connectivity index (χ0v) is 16.4. The van der Waals surface area contributed by atoms with Gasteiger partial charge in [0, 0.05) is 11.3 Å². The smallest absolute Gasteiger partial charge is 0.259 e. The van der Waals surface area contributed by atoms with Gasteiger partial charge in [-0.3, -0.25) is 9.59 Å². The molecule has 1 aromatic heterocycles. The predicted octanol–water partition coefficient (Wildman–Crippen LogP) is 5.57. The van der Waals surface area contributed by atoms with Crippen LogP contribution in [0.1, 0.15) is 32.7 Å². The number of allylic oxidation sites excluding steroid dienone is 1. The second-order valence-electron chi connectivity index (χ2n) is 7.16. The topological polar surface area (TPSA) is 49.9 Å². The number of pyridine rings is 1. The van der Waals surface area contributed by atoms with Crippen molar-refractivity contribution in [2.24, 2.45) is 0 Å². The van der Waals surface area contributed by atoms with Crippen LogP contribution in [0.4, 0.5) is 0 Å². The van der Waals surface area contributed by atoms with Crippen LogP contribution < -0.4 is 5.56 Å². The van der Waals surface area contributed by atoms with E-state index in [-0.39, 0.29) is 16.9 Å². The van der Waals surface area contributed by atoms with Gasteiger partial charge < -0.3 is 4.98 Å². The van der Waals surface area contributed by atoms with Gasteiger partial charge in [0.1, 0.15) is 0 Å². The van der Waals surface area contributed by atoms with Gasteiger partial charge in [0.25, 0.3) is 5.56 Å². The highest BCUT2D eigenvalue weighted by atomic mass is 16.1. The number of carbonyl (C=O) groups is 1. The maximum atomic E-state index is 13.6. The minimum Gasteiger partial charge on any atom is -0.326 e. The van der Waals surface area contributed by atoms with Crippen molar-refractivity contribution < 1.29 is 4.79 Å². The van der Waals surface area contributed by atoms with Crippen LogP contribution in [-0.2, 0) is 0 Å². The molecule has 0 aliphatic rings. The lowest BCUT2D eigenvalue weighted by Crippen LogP contribution is -2.21. The summed E-state index contributed by atoms with van der Waals surface area (Å²) in [5, 5.41) is 2.16. The van der Waals surface area contributed by atoms with E-state index in [0.717, 1.165) is 27.6 Å². The molecule has 0 bridgehead atoms. The van der Waals surface area contributed by atoms with E-state index in [4.69, 9.17) is 0 Å². The summed E-state index contributed by atoms with van der Waals surface area (Å²) in [5.41, 5.74) is 3.47. The SMILES string of the molecule is Cc1cc(C)c(C(=O)/C(=C/c2cccc3ccccc23)c2ccccc2)c(=O)[nH]1. The molecule has 4 aromatic rings. The molecule has 0 spiro atoms. The first-order chi connectivity index (χ1) is 14.0. The summed E-state index contributed by atoms with van der Waals surface area (Å²) < 4.78 is 0. The van der Waals surface area contributed by atoms with E-state index >= 15 is 0 Å². The highest BCUT2D eigenvalue weighted by Gasteiger charge is 2.20. The van der Waals surface area contributed by atoms with Crippen molar-refractivity contribution in [1.29, 1.82) is 0 Å². The Morgan fingerprint density at radius 3 is 2.31 bits per heavy atom. The number of hydrogen-bond donors (Lipinski definition) is 1. The number of aryl methyl sites for hydroxylation is 2. The number of benzene rings is 3. The van der Waals surface area contributed by atoms with E-state index in [0.29, 0.717) is 11.1 Å². The molecule has 3 aromatic carbocycles. The highest BCUT2D eigenvalue weighted by molar-refractivity contribution is 6.33. The molecule has 0 unspecified atom stereocenters. The molecule has 0 atom stereocenters. The van der Waals surface area contributed by atoms with Gasteiger partial charge in [0.2, 0.25) is 0 Å². The normalized spacial score (nSPS) is 11.6. The maximum absolute atomic E-state index is 13.6. The van der Waals surface area contributed by atoms with Crippen molar-refractivity contribution in [3.63, 3.8) is 0 Å². The van der Waals surface area contributed by atoms with Crippen LogP contribution in [0, 0.1) is 13.8 Å². The maximum Gasteiger partial charge on any atom is 0.259 e. The molecule has 0 saturated carbocycles. The van der Waals surface area contributed by atoms with E-state index in [9.17, 15) is 9.59 Å². The van der Waals surface area contributed by atoms with Crippen LogP contribution in [0.2, 0.25) is 0 Å². The molecule has 0 aliphatic heterocycles. The quantitative estimate of drug-likeness (QED) is 0.286. The Morgan fingerprint density at radius 2 is 1.55 bits per heavy atom. The van der Waals surface area contributed by atoms with Crippen molar-refractivity contribution in [3.05, 3.63) is 117 Å². The Kier molecular flexibility index (Phi) is 4.96. The molecule has 0 amide bonds. The second-order valence-corrected chi connectivity index (χ2v) is 7.16. The van der Waals surface area contributed by atoms with E-state index in [1.54, 1.807) is 6.92 Å². The number of Topliss-reactive ketones (excluding diaryl/α,β-unsaturated/α-hetero) is 1. The van der Waals surface area contributed by atoms with Gasteiger partial charge in [-0.2, -0.15) is 0 Å². The molecule has 29 heavy (non-hydrogen) atoms. The number of carbonyl (C=O) groups excluding carboxylic acids is 1. The number of rotatable bonds is 4. The standard InChI is InChI=1S/C26H21NO2/c1-17-15-18(2)27-26(29)24(17)25(28)23(20-9-4-3-5-10-20)16-21-13-8-12-19-11-6-7-14-22(19)21/h3-16H,1-2H3,(H,27,29)/b23-16+. The first kappa shape index (κ1) is 18.6. The molecule has 4 rings (SSSR count). The van der Waals surface area contributed by atoms with Crippen LogP contribution >= 0.6 is 0 Å². The Hall–Kier alpha value is -3.72. The zero-order chi connectivity index (χ0) is 20.4. The Balaban J connectivity index is 1.95. The minimum atomic E-state index is -0.354. The van der Waals surface area contributed by atoms with Gasteiger partial charge in [-0.25, -0.2) is 0 Å². The number of aromatic amines is 1. The van der Waals surface area contributed by atoms with E-state index in [1.165, 1.54) is 0 Å². The fourth-order valence-corrected chi connectivity index (χ4v) is 3.70. The minimum absolute atomic E-state index is 0.186. The molecule has 0 aliphatic carbocycles. The van der Waals surface area contributed by atoms with Crippen LogP contribution in [0.25, 0.3) is 22.4 Å². The fraction of sp³-hybridized carbons (Fsp3) is 0.0769. The van der Waals surface area contributed by atoms with Crippen LogP contribution in [0.3, 0.4) is 0 Å². The average Bonchev–Trinajstić information content (AvgIpc) is 2.72. The number of H-pyrrole nitrogens is 1. The lowest BCUT2D eigenvalue weighted by atomic mass is 9.92. The third-order valence-corrected chi connectivity index (χ3v) is 5.04. The summed E-state index contributed by atoms with van der Waals surface area (Å²) in [6, 6.07) is 25.4. The molecule has 0 radical (unpaired) electrons. The molecular weight excluding hydrogens is 358 g/mol. The second kappa shape index (κ2) is 7.72. The third-order valence-electron chi connectivity index (χ3n) is 5.04. The van der Waals surface area contributed by atoms with E-state index in [1.807, 2.05) is 91.9 Å². The summed E-state index contributed by atoms with van der Waals surface area (Å²) in [7, 11) is 0. The van der Waals surface area contributed by atoms with Gasteiger partial charge in [-0.05, 0) is 53.5 Å². The van der Waals surface area contributed by atoms with Crippen molar-refractivity contribution >= 4 is 28.2 Å². The Morgan fingerprint density at radius 1 is 0.862 bits per heavy atom. The molecule has 0 fully saturated rings. The lowest BCUT2D eigenvalue weighted by molar-refractivity contribution is 0.105. The number of fused-ring (bicyclic) bond motifs is 1. The number of hydrogen-bond acceptors (Lipinski definition) is 2. The largest absolute Gasteiger partial charge is 0.326 e.